The van der Waals surface area contributed by atoms with Crippen LogP contribution in [0.4, 0.5) is 4.39 Å². The van der Waals surface area contributed by atoms with E-state index in [9.17, 15) is 9.18 Å². The Bertz CT molecular complexity index is 664. The van der Waals surface area contributed by atoms with E-state index in [0.717, 1.165) is 25.9 Å². The van der Waals surface area contributed by atoms with Crippen molar-refractivity contribution >= 4 is 17.2 Å². The van der Waals surface area contributed by atoms with Gasteiger partial charge in [-0.2, -0.15) is 0 Å². The Hall–Kier alpha value is -1.96. The normalized spacial score (nSPS) is 12.0. The summed E-state index contributed by atoms with van der Waals surface area (Å²) in [6, 6.07) is 8.41. The first-order valence-corrected chi connectivity index (χ1v) is 9.08. The summed E-state index contributed by atoms with van der Waals surface area (Å²) in [6.07, 6.45) is 1.29. The molecule has 0 aliphatic carbocycles. The van der Waals surface area contributed by atoms with Crippen LogP contribution in [0.25, 0.3) is 0 Å². The summed E-state index contributed by atoms with van der Waals surface area (Å²) in [5.41, 5.74) is 2.07. The summed E-state index contributed by atoms with van der Waals surface area (Å²) < 4.78 is 18.9. The molecule has 2 aromatic rings. The molecule has 7 heteroatoms. The maximum Gasteiger partial charge on any atom is 0.284 e. The summed E-state index contributed by atoms with van der Waals surface area (Å²) in [4.78, 5) is 13.1. The second-order valence-corrected chi connectivity index (χ2v) is 6.78. The molecule has 0 spiro atoms. The zero-order chi connectivity index (χ0) is 18.1. The number of rotatable bonds is 10. The minimum absolute atomic E-state index is 0.327. The number of carbonyl (C=O) groups is 1. The van der Waals surface area contributed by atoms with Crippen molar-refractivity contribution in [2.24, 2.45) is 0 Å². The molecule has 136 valence electrons. The van der Waals surface area contributed by atoms with Crippen LogP contribution in [-0.4, -0.2) is 23.8 Å². The molecule has 0 aliphatic heterocycles. The zero-order valence-corrected chi connectivity index (χ0v) is 14.9. The minimum Gasteiger partial charge on any atom is -0.481 e. The molecule has 0 saturated heterocycles. The van der Waals surface area contributed by atoms with E-state index in [2.05, 4.69) is 11.4 Å². The average Bonchev–Trinajstić information content (AvgIpc) is 3.12. The third-order valence-corrected chi connectivity index (χ3v) is 4.64. The van der Waals surface area contributed by atoms with Gasteiger partial charge in [-0.1, -0.05) is 6.07 Å². The van der Waals surface area contributed by atoms with Crippen LogP contribution in [0.3, 0.4) is 0 Å². The highest BCUT2D eigenvalue weighted by molar-refractivity contribution is 7.09. The van der Waals surface area contributed by atoms with E-state index in [4.69, 9.17) is 9.94 Å². The quantitative estimate of drug-likeness (QED) is 0.342. The largest absolute Gasteiger partial charge is 0.481 e. The fraction of sp³-hybridized carbons (Fsp3) is 0.389. The van der Waals surface area contributed by atoms with Crippen LogP contribution in [0.2, 0.25) is 0 Å². The van der Waals surface area contributed by atoms with E-state index in [0.29, 0.717) is 17.7 Å². The van der Waals surface area contributed by atoms with E-state index >= 15 is 0 Å². The summed E-state index contributed by atoms with van der Waals surface area (Å²) in [5, 5.41) is 14.3. The molecule has 3 N–H and O–H groups in total. The first-order chi connectivity index (χ1) is 12.1. The van der Waals surface area contributed by atoms with Gasteiger partial charge in [-0.05, 0) is 67.9 Å². The molecular weight excluding hydrogens is 343 g/mol. The number of thiophene rings is 1. The first kappa shape index (κ1) is 19.4. The van der Waals surface area contributed by atoms with Crippen molar-refractivity contribution in [2.45, 2.75) is 38.8 Å². The van der Waals surface area contributed by atoms with Crippen molar-refractivity contribution in [2.75, 3.05) is 6.54 Å². The lowest BCUT2D eigenvalue weighted by molar-refractivity contribution is -0.136. The molecule has 0 unspecified atom stereocenters. The van der Waals surface area contributed by atoms with Gasteiger partial charge in [-0.3, -0.25) is 10.0 Å². The predicted molar refractivity (Wildman–Crippen MR) is 95.4 cm³/mol. The molecule has 0 fully saturated rings. The van der Waals surface area contributed by atoms with E-state index in [-0.39, 0.29) is 5.82 Å². The van der Waals surface area contributed by atoms with Crippen LogP contribution < -0.4 is 15.5 Å². The highest BCUT2D eigenvalue weighted by Crippen LogP contribution is 2.19. The van der Waals surface area contributed by atoms with Gasteiger partial charge < -0.3 is 10.1 Å². The summed E-state index contributed by atoms with van der Waals surface area (Å²) in [6.45, 7) is 3.30. The van der Waals surface area contributed by atoms with Crippen LogP contribution in [-0.2, 0) is 11.3 Å². The number of carbonyl (C=O) groups excluding carboxylic acids is 1. The summed E-state index contributed by atoms with van der Waals surface area (Å²) in [5.74, 6) is -0.524. The smallest absolute Gasteiger partial charge is 0.284 e. The van der Waals surface area contributed by atoms with Crippen molar-refractivity contribution in [3.05, 3.63) is 52.0 Å². The number of unbranched alkanes of at least 4 members (excludes halogenated alkanes) is 1. The Morgan fingerprint density at radius 3 is 2.88 bits per heavy atom. The van der Waals surface area contributed by atoms with Gasteiger partial charge in [0.25, 0.3) is 5.91 Å². The van der Waals surface area contributed by atoms with Crippen molar-refractivity contribution < 1.29 is 19.1 Å². The lowest BCUT2D eigenvalue weighted by Gasteiger charge is -2.17. The fourth-order valence-electron chi connectivity index (χ4n) is 2.37. The second kappa shape index (κ2) is 10.1. The SMILES string of the molecule is Cc1cc(O[C@H](CCCCNCc2cccs2)C(=O)NO)ccc1F. The highest BCUT2D eigenvalue weighted by Gasteiger charge is 2.19. The van der Waals surface area contributed by atoms with E-state index in [1.54, 1.807) is 23.7 Å². The number of nitrogens with one attached hydrogen (secondary N) is 2. The molecule has 1 heterocycles. The first-order valence-electron chi connectivity index (χ1n) is 8.20. The van der Waals surface area contributed by atoms with Gasteiger partial charge in [0.2, 0.25) is 0 Å². The van der Waals surface area contributed by atoms with Gasteiger partial charge in [-0.15, -0.1) is 11.3 Å². The molecule has 1 aromatic heterocycles. The number of hydrogen-bond donors (Lipinski definition) is 3. The number of hydroxylamine groups is 1. The van der Waals surface area contributed by atoms with Crippen LogP contribution in [0.1, 0.15) is 29.7 Å². The monoisotopic (exact) mass is 366 g/mol. The Morgan fingerprint density at radius 2 is 2.20 bits per heavy atom. The molecule has 5 nitrogen and oxygen atoms in total. The number of halogens is 1. The number of amides is 1. The molecule has 1 amide bonds. The molecule has 1 atom stereocenters. The third-order valence-electron chi connectivity index (χ3n) is 3.76. The molecule has 1 aromatic carbocycles. The Balaban J connectivity index is 1.75. The number of hydrogen-bond acceptors (Lipinski definition) is 5. The zero-order valence-electron chi connectivity index (χ0n) is 14.1. The summed E-state index contributed by atoms with van der Waals surface area (Å²) >= 11 is 1.71. The van der Waals surface area contributed by atoms with Crippen LogP contribution >= 0.6 is 11.3 Å². The van der Waals surface area contributed by atoms with Crippen molar-refractivity contribution in [1.29, 1.82) is 0 Å². The van der Waals surface area contributed by atoms with Gasteiger partial charge in [0.1, 0.15) is 11.6 Å². The Kier molecular flexibility index (Phi) is 7.84. The van der Waals surface area contributed by atoms with Crippen LogP contribution in [0.5, 0.6) is 5.75 Å². The lowest BCUT2D eigenvalue weighted by atomic mass is 10.1. The molecule has 2 rings (SSSR count). The van der Waals surface area contributed by atoms with Crippen LogP contribution in [0, 0.1) is 12.7 Å². The molecule has 0 saturated carbocycles. The predicted octanol–water partition coefficient (Wildman–Crippen LogP) is 3.41. The van der Waals surface area contributed by atoms with Gasteiger partial charge in [0.05, 0.1) is 0 Å². The Labute approximate surface area is 150 Å². The molecular formula is C18H23FN2O3S. The molecule has 25 heavy (non-hydrogen) atoms. The number of aryl methyl sites for hydroxylation is 1. The van der Waals surface area contributed by atoms with Gasteiger partial charge in [0.15, 0.2) is 6.10 Å². The third kappa shape index (κ3) is 6.45. The van der Waals surface area contributed by atoms with Crippen LogP contribution in [0.15, 0.2) is 35.7 Å². The van der Waals surface area contributed by atoms with Gasteiger partial charge >= 0.3 is 0 Å². The topological polar surface area (TPSA) is 70.6 Å². The highest BCUT2D eigenvalue weighted by atomic mass is 32.1. The standard InChI is InChI=1S/C18H23FN2O3S/c1-13-11-14(7-8-16(13)19)24-17(18(22)21-23)6-2-3-9-20-12-15-5-4-10-25-15/h4-5,7-8,10-11,17,20,23H,2-3,6,9,12H2,1H3,(H,21,22)/t17-/m1/s1. The molecule has 0 bridgehead atoms. The van der Waals surface area contributed by atoms with Gasteiger partial charge in [-0.25, -0.2) is 9.87 Å². The summed E-state index contributed by atoms with van der Waals surface area (Å²) in [7, 11) is 0. The van der Waals surface area contributed by atoms with Crippen molar-refractivity contribution in [1.82, 2.24) is 10.8 Å². The number of ether oxygens (including phenoxy) is 1. The average molecular weight is 366 g/mol. The molecule has 0 aliphatic rings. The maximum absolute atomic E-state index is 13.3. The van der Waals surface area contributed by atoms with E-state index < -0.39 is 12.0 Å². The van der Waals surface area contributed by atoms with Crippen molar-refractivity contribution in [3.8, 4) is 5.75 Å². The maximum atomic E-state index is 13.3. The van der Waals surface area contributed by atoms with E-state index in [1.807, 2.05) is 11.4 Å². The Morgan fingerprint density at radius 1 is 1.36 bits per heavy atom. The second-order valence-electron chi connectivity index (χ2n) is 5.75. The number of benzene rings is 1. The fourth-order valence-corrected chi connectivity index (χ4v) is 3.05. The molecule has 0 radical (unpaired) electrons. The minimum atomic E-state index is -0.813. The van der Waals surface area contributed by atoms with Crippen molar-refractivity contribution in [3.63, 3.8) is 0 Å². The van der Waals surface area contributed by atoms with Gasteiger partial charge in [0, 0.05) is 11.4 Å². The van der Waals surface area contributed by atoms with E-state index in [1.165, 1.54) is 23.1 Å². The lowest BCUT2D eigenvalue weighted by Crippen LogP contribution is -2.36.